The average Bonchev–Trinajstić information content (AvgIpc) is 3.98. The third-order valence-corrected chi connectivity index (χ3v) is 12.0. The van der Waals surface area contributed by atoms with E-state index in [0.717, 1.165) is 33.5 Å². The van der Waals surface area contributed by atoms with Gasteiger partial charge in [-0.2, -0.15) is 0 Å². The third-order valence-electron chi connectivity index (χ3n) is 11.1. The standard InChI is InChI=1S/C46H31N2S.C13H12N.Ir/c1-31-27-38(35-15-7-3-8-16-35)45(39(28-31)36-17-9-4-10-18-36)48-43-20-12-11-19-42(43)47-46(48)41-30-49-44-26-25-37(29-40(41)44)34-23-21-33(22-24-34)32-13-5-2-6-14-32;1-10-3-6-12(7-4-10)13-8-5-11(2)9-14-13;/h2-29H,1H3;3-6,8-9H,1-2H3;/q2*-1;/i;1D3,2D3;. The SMILES string of the molecule is Cc1cc(-c2ccccc2)c(-n2c(-c3[c-]sc4ccc(-c5ccc(-c6ccccc6)cc5)cc34)nc3ccccc32)c(-c2ccccc2)c1.[2H]C([2H])([2H])c1c[c-]c(-c2ccc(C([2H])([2H])[2H])cn2)cc1.[Ir]. The fourth-order valence-corrected chi connectivity index (χ4v) is 8.88. The molecule has 8 aromatic carbocycles. The zero-order valence-corrected chi connectivity index (χ0v) is 37.9. The first-order chi connectivity index (χ1) is 33.4. The topological polar surface area (TPSA) is 30.7 Å². The van der Waals surface area contributed by atoms with Crippen molar-refractivity contribution in [2.75, 3.05) is 0 Å². The van der Waals surface area contributed by atoms with Gasteiger partial charge in [0.05, 0.1) is 22.5 Å². The molecule has 311 valence electrons. The van der Waals surface area contributed by atoms with Gasteiger partial charge in [0.15, 0.2) is 0 Å². The number of fused-ring (bicyclic) bond motifs is 2. The second kappa shape index (κ2) is 18.8. The van der Waals surface area contributed by atoms with E-state index < -0.39 is 13.7 Å². The Morgan fingerprint density at radius 1 is 0.547 bits per heavy atom. The van der Waals surface area contributed by atoms with Crippen LogP contribution in [0.25, 0.3) is 94.0 Å². The van der Waals surface area contributed by atoms with Crippen LogP contribution in [0.1, 0.15) is 24.9 Å². The molecule has 0 amide bonds. The van der Waals surface area contributed by atoms with Gasteiger partial charge >= 0.3 is 0 Å². The number of hydrogen-bond acceptors (Lipinski definition) is 3. The first-order valence-corrected chi connectivity index (χ1v) is 21.5. The fourth-order valence-electron chi connectivity index (χ4n) is 8.06. The number of hydrogen-bond donors (Lipinski definition) is 0. The maximum Gasteiger partial charge on any atom is 0.0774 e. The Balaban J connectivity index is 0.000000244. The van der Waals surface area contributed by atoms with Crippen molar-refractivity contribution in [3.8, 4) is 72.8 Å². The fraction of sp³-hybridized carbons (Fsp3) is 0.0508. The van der Waals surface area contributed by atoms with E-state index in [4.69, 9.17) is 13.2 Å². The molecular formula is C59H43IrN3S-2. The van der Waals surface area contributed by atoms with E-state index in [2.05, 4.69) is 198 Å². The molecule has 0 aliphatic carbocycles. The van der Waals surface area contributed by atoms with Gasteiger partial charge < -0.3 is 9.55 Å². The Morgan fingerprint density at radius 3 is 1.73 bits per heavy atom. The van der Waals surface area contributed by atoms with Gasteiger partial charge in [-0.25, -0.2) is 0 Å². The van der Waals surface area contributed by atoms with Gasteiger partial charge in [0, 0.05) is 45.7 Å². The van der Waals surface area contributed by atoms with Crippen LogP contribution >= 0.6 is 11.3 Å². The molecule has 0 bridgehead atoms. The molecule has 0 saturated carbocycles. The van der Waals surface area contributed by atoms with E-state index in [1.165, 1.54) is 79.2 Å². The van der Waals surface area contributed by atoms with E-state index in [1.807, 2.05) is 0 Å². The van der Waals surface area contributed by atoms with Crippen molar-refractivity contribution in [2.24, 2.45) is 0 Å². The average molecular weight is 1020 g/mol. The summed E-state index contributed by atoms with van der Waals surface area (Å²) in [6.07, 6.45) is 1.30. The molecule has 0 N–H and O–H groups in total. The van der Waals surface area contributed by atoms with Gasteiger partial charge in [0.2, 0.25) is 0 Å². The summed E-state index contributed by atoms with van der Waals surface area (Å²) < 4.78 is 47.2. The van der Waals surface area contributed by atoms with Crippen molar-refractivity contribution in [3.63, 3.8) is 0 Å². The molecule has 3 nitrogen and oxygen atoms in total. The Morgan fingerprint density at radius 2 is 1.12 bits per heavy atom. The first kappa shape index (κ1) is 35.5. The molecule has 3 aromatic heterocycles. The van der Waals surface area contributed by atoms with E-state index >= 15 is 0 Å². The quantitative estimate of drug-likeness (QED) is 0.149. The van der Waals surface area contributed by atoms with Crippen molar-refractivity contribution in [3.05, 3.63) is 235 Å². The van der Waals surface area contributed by atoms with Crippen molar-refractivity contribution in [2.45, 2.75) is 20.6 Å². The number of benzene rings is 8. The predicted octanol–water partition coefficient (Wildman–Crippen LogP) is 15.8. The molecule has 3 heterocycles. The molecule has 0 aliphatic heterocycles. The number of pyridine rings is 1. The molecule has 0 aliphatic rings. The van der Waals surface area contributed by atoms with Gasteiger partial charge in [-0.3, -0.25) is 16.3 Å². The van der Waals surface area contributed by atoms with Crippen molar-refractivity contribution >= 4 is 32.5 Å². The molecule has 11 rings (SSSR count). The monoisotopic (exact) mass is 1020 g/mol. The minimum atomic E-state index is -2.18. The van der Waals surface area contributed by atoms with Crippen LogP contribution in [0.4, 0.5) is 0 Å². The van der Waals surface area contributed by atoms with Crippen molar-refractivity contribution < 1.29 is 28.3 Å². The molecule has 0 atom stereocenters. The second-order valence-electron chi connectivity index (χ2n) is 15.4. The van der Waals surface area contributed by atoms with Crippen LogP contribution in [0.3, 0.4) is 0 Å². The van der Waals surface area contributed by atoms with Gasteiger partial charge in [-0.05, 0) is 88.2 Å². The van der Waals surface area contributed by atoms with E-state index in [-0.39, 0.29) is 31.2 Å². The number of aryl methyl sites for hydroxylation is 3. The molecule has 1 radical (unpaired) electrons. The molecule has 11 aromatic rings. The minimum absolute atomic E-state index is 0. The number of imidazole rings is 1. The molecular weight excluding hydrogens is 975 g/mol. The number of rotatable bonds is 7. The Bertz CT molecular complexity index is 3440. The van der Waals surface area contributed by atoms with Crippen LogP contribution in [0.15, 0.2) is 206 Å². The van der Waals surface area contributed by atoms with E-state index in [1.54, 1.807) is 23.5 Å². The Labute approximate surface area is 401 Å². The van der Waals surface area contributed by atoms with Crippen LogP contribution in [-0.4, -0.2) is 14.5 Å². The smallest absolute Gasteiger partial charge is 0.0774 e. The largest absolute Gasteiger partial charge is 0.332 e. The predicted molar refractivity (Wildman–Crippen MR) is 265 cm³/mol. The summed E-state index contributed by atoms with van der Waals surface area (Å²) in [5.74, 6) is 0.891. The van der Waals surface area contributed by atoms with Gasteiger partial charge in [0.1, 0.15) is 0 Å². The second-order valence-corrected chi connectivity index (χ2v) is 16.2. The zero-order chi connectivity index (χ0) is 47.7. The zero-order valence-electron chi connectivity index (χ0n) is 40.7. The summed E-state index contributed by atoms with van der Waals surface area (Å²) in [5, 5.41) is 4.85. The van der Waals surface area contributed by atoms with E-state index in [9.17, 15) is 0 Å². The van der Waals surface area contributed by atoms with Crippen LogP contribution < -0.4 is 0 Å². The maximum absolute atomic E-state index is 7.28. The first-order valence-electron chi connectivity index (χ1n) is 23.7. The van der Waals surface area contributed by atoms with E-state index in [0.29, 0.717) is 11.3 Å². The normalized spacial score (nSPS) is 12.7. The molecule has 5 heteroatoms. The van der Waals surface area contributed by atoms with Gasteiger partial charge in [-0.15, -0.1) is 40.8 Å². The van der Waals surface area contributed by atoms with Gasteiger partial charge in [-0.1, -0.05) is 180 Å². The number of nitrogens with zero attached hydrogens (tertiary/aromatic N) is 3. The summed E-state index contributed by atoms with van der Waals surface area (Å²) in [6, 6.07) is 71.1. The summed E-state index contributed by atoms with van der Waals surface area (Å²) in [4.78, 5) is 9.43. The minimum Gasteiger partial charge on any atom is -0.332 e. The summed E-state index contributed by atoms with van der Waals surface area (Å²) in [6.45, 7) is -2.16. The van der Waals surface area contributed by atoms with Gasteiger partial charge in [0.25, 0.3) is 0 Å². The molecule has 0 saturated heterocycles. The Hall–Kier alpha value is -7.01. The van der Waals surface area contributed by atoms with Crippen LogP contribution in [0.2, 0.25) is 0 Å². The summed E-state index contributed by atoms with van der Waals surface area (Å²) >= 11 is 1.65. The van der Waals surface area contributed by atoms with Crippen LogP contribution in [-0.2, 0) is 20.1 Å². The molecule has 0 spiro atoms. The molecule has 0 fully saturated rings. The summed E-state index contributed by atoms with van der Waals surface area (Å²) in [7, 11) is 0. The van der Waals surface area contributed by atoms with Crippen LogP contribution in [0, 0.1) is 32.1 Å². The number of thiophene rings is 1. The van der Waals surface area contributed by atoms with Crippen molar-refractivity contribution in [1.29, 1.82) is 0 Å². The molecule has 0 unspecified atom stereocenters. The number of para-hydroxylation sites is 2. The van der Waals surface area contributed by atoms with Crippen molar-refractivity contribution in [1.82, 2.24) is 14.5 Å². The van der Waals surface area contributed by atoms with Crippen LogP contribution in [0.5, 0.6) is 0 Å². The third kappa shape index (κ3) is 8.67. The Kier molecular flexibility index (Phi) is 10.4. The number of aromatic nitrogens is 3. The maximum atomic E-state index is 7.28. The summed E-state index contributed by atoms with van der Waals surface area (Å²) in [5.41, 5.74) is 16.4. The molecule has 64 heavy (non-hydrogen) atoms.